The Kier molecular flexibility index (Phi) is 9.10. The van der Waals surface area contributed by atoms with Crippen LogP contribution in [0.3, 0.4) is 0 Å². The zero-order valence-corrected chi connectivity index (χ0v) is 26.7. The van der Waals surface area contributed by atoms with E-state index in [4.69, 9.17) is 5.26 Å². The molecular formula is C34H32F6N8O. The van der Waals surface area contributed by atoms with Gasteiger partial charge in [0.15, 0.2) is 5.82 Å². The topological polar surface area (TPSA) is 103 Å². The van der Waals surface area contributed by atoms with Crippen LogP contribution in [0.5, 0.6) is 0 Å². The summed E-state index contributed by atoms with van der Waals surface area (Å²) in [6.07, 6.45) is -5.22. The molecule has 2 aromatic heterocycles. The number of nitriles is 1. The summed E-state index contributed by atoms with van der Waals surface area (Å²) in [5.41, 5.74) is -1.19. The molecule has 1 aliphatic carbocycles. The Morgan fingerprint density at radius 2 is 1.80 bits per heavy atom. The van der Waals surface area contributed by atoms with E-state index in [0.717, 1.165) is 42.5 Å². The van der Waals surface area contributed by atoms with Crippen molar-refractivity contribution in [1.82, 2.24) is 24.6 Å². The van der Waals surface area contributed by atoms with E-state index in [1.807, 2.05) is 18.0 Å². The monoisotopic (exact) mass is 682 g/mol. The highest BCUT2D eigenvalue weighted by Gasteiger charge is 2.41. The van der Waals surface area contributed by atoms with Crippen LogP contribution < -0.4 is 10.2 Å². The number of nitrogens with zero attached hydrogens (tertiary/aromatic N) is 7. The third-order valence-electron chi connectivity index (χ3n) is 8.60. The number of nitrogens with one attached hydrogen (secondary N) is 1. The third-order valence-corrected chi connectivity index (χ3v) is 8.60. The normalized spacial score (nSPS) is 14.8. The number of hydrogen-bond acceptors (Lipinski definition) is 7. The molecule has 1 fully saturated rings. The average Bonchev–Trinajstić information content (AvgIpc) is 3.65. The maximum absolute atomic E-state index is 14.4. The van der Waals surface area contributed by atoms with E-state index in [9.17, 15) is 31.1 Å². The lowest BCUT2D eigenvalue weighted by Gasteiger charge is -2.20. The highest BCUT2D eigenvalue weighted by atomic mass is 19.4. The molecule has 2 aliphatic rings. The minimum atomic E-state index is -4.74. The number of carbonyl (C=O) groups excluding carboxylic acids is 1. The predicted molar refractivity (Wildman–Crippen MR) is 169 cm³/mol. The molecule has 0 atom stereocenters. The summed E-state index contributed by atoms with van der Waals surface area (Å²) in [6.45, 7) is 0.798. The standard InChI is InChI=1S/C34H32F6N8O/c1-46(16-20-5-6-20)17-21-11-26-27(28(12-21)34(38,39)40)18-48(32(26)49)30-14-22(13-29(44-30)42-10-4-3-9-41)25-15-23(33(35,36)37)7-8-24(25)31-45-43-19-47(31)2/h7-8,11-15,19-20H,3-6,10,16-18H2,1-2H3,(H,42,44). The Morgan fingerprint density at radius 3 is 2.45 bits per heavy atom. The molecule has 3 heterocycles. The lowest BCUT2D eigenvalue weighted by molar-refractivity contribution is -0.138. The lowest BCUT2D eigenvalue weighted by atomic mass is 9.96. The van der Waals surface area contributed by atoms with Crippen LogP contribution in [0.1, 0.15) is 58.3 Å². The van der Waals surface area contributed by atoms with Crippen molar-refractivity contribution >= 4 is 17.5 Å². The fourth-order valence-corrected chi connectivity index (χ4v) is 6.08. The van der Waals surface area contributed by atoms with Gasteiger partial charge in [-0.25, -0.2) is 4.98 Å². The van der Waals surface area contributed by atoms with Crippen molar-refractivity contribution in [3.8, 4) is 28.6 Å². The number of aromatic nitrogens is 4. The summed E-state index contributed by atoms with van der Waals surface area (Å²) in [7, 11) is 3.46. The molecule has 2 aromatic carbocycles. The van der Waals surface area contributed by atoms with Crippen molar-refractivity contribution in [3.63, 3.8) is 0 Å². The lowest BCUT2D eigenvalue weighted by Crippen LogP contribution is -2.24. The average molecular weight is 683 g/mol. The van der Waals surface area contributed by atoms with Crippen molar-refractivity contribution in [2.24, 2.45) is 13.0 Å². The van der Waals surface area contributed by atoms with Crippen LogP contribution in [0.25, 0.3) is 22.5 Å². The molecule has 1 amide bonds. The largest absolute Gasteiger partial charge is 0.416 e. The number of alkyl halides is 6. The van der Waals surface area contributed by atoms with E-state index >= 15 is 0 Å². The molecule has 4 aromatic rings. The van der Waals surface area contributed by atoms with Gasteiger partial charge in [0, 0.05) is 44.2 Å². The molecular weight excluding hydrogens is 650 g/mol. The first-order valence-electron chi connectivity index (χ1n) is 15.6. The number of hydrogen-bond donors (Lipinski definition) is 1. The van der Waals surface area contributed by atoms with Crippen molar-refractivity contribution in [1.29, 1.82) is 5.26 Å². The van der Waals surface area contributed by atoms with E-state index in [-0.39, 0.29) is 59.2 Å². The zero-order valence-electron chi connectivity index (χ0n) is 26.7. The minimum Gasteiger partial charge on any atom is -0.370 e. The first kappa shape index (κ1) is 33.9. The second-order valence-corrected chi connectivity index (χ2v) is 12.5. The molecule has 15 heteroatoms. The number of pyridine rings is 1. The summed E-state index contributed by atoms with van der Waals surface area (Å²) in [5, 5.41) is 19.9. The van der Waals surface area contributed by atoms with E-state index in [1.54, 1.807) is 7.05 Å². The zero-order chi connectivity index (χ0) is 35.1. The van der Waals surface area contributed by atoms with Crippen LogP contribution in [-0.2, 0) is 32.5 Å². The van der Waals surface area contributed by atoms with E-state index in [0.29, 0.717) is 23.5 Å². The predicted octanol–water partition coefficient (Wildman–Crippen LogP) is 7.30. The number of rotatable bonds is 11. The van der Waals surface area contributed by atoms with Crippen LogP contribution >= 0.6 is 0 Å². The summed E-state index contributed by atoms with van der Waals surface area (Å²) < 4.78 is 86.7. The first-order valence-corrected chi connectivity index (χ1v) is 15.6. The summed E-state index contributed by atoms with van der Waals surface area (Å²) >= 11 is 0. The number of halogens is 6. The number of anilines is 2. The van der Waals surface area contributed by atoms with Gasteiger partial charge in [0.05, 0.1) is 23.7 Å². The Labute approximate surface area is 278 Å². The van der Waals surface area contributed by atoms with Gasteiger partial charge < -0.3 is 14.8 Å². The number of carbonyl (C=O) groups is 1. The fraction of sp³-hybridized carbons (Fsp3) is 0.382. The molecule has 1 saturated carbocycles. The Morgan fingerprint density at radius 1 is 1.02 bits per heavy atom. The molecule has 256 valence electrons. The van der Waals surface area contributed by atoms with Gasteiger partial charge in [-0.3, -0.25) is 9.69 Å². The van der Waals surface area contributed by atoms with Crippen LogP contribution in [0, 0.1) is 17.2 Å². The van der Waals surface area contributed by atoms with Crippen molar-refractivity contribution in [3.05, 3.63) is 76.6 Å². The number of amides is 1. The summed E-state index contributed by atoms with van der Waals surface area (Å²) in [5.74, 6) is 0.192. The minimum absolute atomic E-state index is 0.0525. The molecule has 9 nitrogen and oxygen atoms in total. The second-order valence-electron chi connectivity index (χ2n) is 12.5. The van der Waals surface area contributed by atoms with Crippen LogP contribution in [0.4, 0.5) is 38.0 Å². The smallest absolute Gasteiger partial charge is 0.370 e. The molecule has 0 bridgehead atoms. The van der Waals surface area contributed by atoms with Gasteiger partial charge in [-0.15, -0.1) is 10.2 Å². The first-order chi connectivity index (χ1) is 23.2. The molecule has 0 spiro atoms. The van der Waals surface area contributed by atoms with Gasteiger partial charge in [0.25, 0.3) is 5.91 Å². The van der Waals surface area contributed by atoms with Crippen LogP contribution in [0.15, 0.2) is 48.8 Å². The Hall–Kier alpha value is -4.97. The molecule has 0 unspecified atom stereocenters. The fourth-order valence-electron chi connectivity index (χ4n) is 6.08. The summed E-state index contributed by atoms with van der Waals surface area (Å²) in [6, 6.07) is 10.6. The van der Waals surface area contributed by atoms with Crippen molar-refractivity contribution < 1.29 is 31.1 Å². The molecule has 0 saturated heterocycles. The Bertz CT molecular complexity index is 1930. The van der Waals surface area contributed by atoms with Gasteiger partial charge in [0.2, 0.25) is 0 Å². The van der Waals surface area contributed by atoms with Gasteiger partial charge in [-0.1, -0.05) is 0 Å². The maximum Gasteiger partial charge on any atom is 0.416 e. The number of benzene rings is 2. The van der Waals surface area contributed by atoms with Crippen LogP contribution in [0.2, 0.25) is 0 Å². The van der Waals surface area contributed by atoms with Gasteiger partial charge in [0.1, 0.15) is 18.0 Å². The van der Waals surface area contributed by atoms with E-state index in [1.165, 1.54) is 35.2 Å². The number of fused-ring (bicyclic) bond motifs is 1. The second kappa shape index (κ2) is 13.1. The van der Waals surface area contributed by atoms with E-state index in [2.05, 4.69) is 20.5 Å². The van der Waals surface area contributed by atoms with Gasteiger partial charge >= 0.3 is 12.4 Å². The van der Waals surface area contributed by atoms with Gasteiger partial charge in [-0.2, -0.15) is 31.6 Å². The molecule has 6 rings (SSSR count). The van der Waals surface area contributed by atoms with Gasteiger partial charge in [-0.05, 0) is 96.9 Å². The molecule has 49 heavy (non-hydrogen) atoms. The quantitative estimate of drug-likeness (QED) is 0.131. The van der Waals surface area contributed by atoms with E-state index < -0.39 is 35.9 Å². The number of aryl methyl sites for hydroxylation is 1. The SMILES string of the molecule is CN(Cc1cc2c(c(C(F)(F)F)c1)CN(c1cc(-c3cc(C(F)(F)F)ccc3-c3nncn3C)cc(NCCCC#N)n1)C2=O)CC1CC1. The van der Waals surface area contributed by atoms with Crippen molar-refractivity contribution in [2.75, 3.05) is 30.4 Å². The summed E-state index contributed by atoms with van der Waals surface area (Å²) in [4.78, 5) is 21.5. The third kappa shape index (κ3) is 7.39. The van der Waals surface area contributed by atoms with Crippen LogP contribution in [-0.4, -0.2) is 50.7 Å². The highest BCUT2D eigenvalue weighted by Crippen LogP contribution is 2.42. The molecule has 1 aliphatic heterocycles. The molecule has 1 N–H and O–H groups in total. The highest BCUT2D eigenvalue weighted by molar-refractivity contribution is 6.10. The van der Waals surface area contributed by atoms with Crippen molar-refractivity contribution in [2.45, 2.75) is 51.1 Å². The maximum atomic E-state index is 14.4. The molecule has 0 radical (unpaired) electrons. The Balaban J connectivity index is 1.45. The number of unbranched alkanes of at least 4 members (excludes halogenated alkanes) is 1.